The molecule has 25 heavy (non-hydrogen) atoms. The van der Waals surface area contributed by atoms with E-state index >= 15 is 0 Å². The van der Waals surface area contributed by atoms with Crippen LogP contribution < -0.4 is 10.2 Å². The molecule has 0 spiro atoms. The normalized spacial score (nSPS) is 10.5. The van der Waals surface area contributed by atoms with Gasteiger partial charge in [-0.05, 0) is 25.0 Å². The topological polar surface area (TPSA) is 41.0 Å². The predicted molar refractivity (Wildman–Crippen MR) is 104 cm³/mol. The van der Waals surface area contributed by atoms with Crippen LogP contribution in [0.1, 0.15) is 23.6 Å². The van der Waals surface area contributed by atoms with Gasteiger partial charge in [-0.2, -0.15) is 0 Å². The number of nitrogens with zero attached hydrogens (tertiary/aromatic N) is 3. The minimum atomic E-state index is 0.752. The minimum Gasteiger partial charge on any atom is -0.366 e. The Balaban J connectivity index is 1.68. The smallest absolute Gasteiger partial charge is 0.134 e. The van der Waals surface area contributed by atoms with E-state index in [-0.39, 0.29) is 0 Å². The van der Waals surface area contributed by atoms with Crippen molar-refractivity contribution in [2.45, 2.75) is 26.9 Å². The Kier molecular flexibility index (Phi) is 5.62. The lowest BCUT2D eigenvalue weighted by Crippen LogP contribution is -2.23. The maximum Gasteiger partial charge on any atom is 0.134 e. The number of hydrogen-bond acceptors (Lipinski definition) is 4. The Morgan fingerprint density at radius 2 is 1.68 bits per heavy atom. The number of hydrogen-bond donors (Lipinski definition) is 1. The van der Waals surface area contributed by atoms with Gasteiger partial charge in [-0.1, -0.05) is 60.2 Å². The van der Waals surface area contributed by atoms with Crippen molar-refractivity contribution in [1.29, 1.82) is 0 Å². The van der Waals surface area contributed by atoms with E-state index in [9.17, 15) is 0 Å². The zero-order valence-electron chi connectivity index (χ0n) is 14.8. The molecule has 0 amide bonds. The fourth-order valence-corrected chi connectivity index (χ4v) is 2.67. The lowest BCUT2D eigenvalue weighted by molar-refractivity contribution is 0.810. The van der Waals surface area contributed by atoms with Crippen molar-refractivity contribution < 1.29 is 0 Å². The maximum absolute atomic E-state index is 4.45. The van der Waals surface area contributed by atoms with Crippen molar-refractivity contribution in [3.8, 4) is 0 Å². The Morgan fingerprint density at radius 3 is 2.40 bits per heavy atom. The van der Waals surface area contributed by atoms with E-state index in [1.807, 2.05) is 12.1 Å². The molecule has 4 heteroatoms. The minimum absolute atomic E-state index is 0.752. The van der Waals surface area contributed by atoms with Gasteiger partial charge in [0.05, 0.1) is 0 Å². The zero-order valence-corrected chi connectivity index (χ0v) is 14.8. The molecular weight excluding hydrogens is 308 g/mol. The van der Waals surface area contributed by atoms with Crippen LogP contribution in [0.2, 0.25) is 0 Å². The van der Waals surface area contributed by atoms with Crippen molar-refractivity contribution in [3.63, 3.8) is 0 Å². The van der Waals surface area contributed by atoms with Gasteiger partial charge < -0.3 is 10.2 Å². The molecule has 0 radical (unpaired) electrons. The first-order chi connectivity index (χ1) is 12.2. The van der Waals surface area contributed by atoms with Crippen LogP contribution in [0.15, 0.2) is 67.0 Å². The summed E-state index contributed by atoms with van der Waals surface area (Å²) in [6, 6.07) is 21.0. The average molecular weight is 332 g/mol. The van der Waals surface area contributed by atoms with Gasteiger partial charge in [-0.3, -0.25) is 0 Å². The first-order valence-corrected chi connectivity index (χ1v) is 8.65. The van der Waals surface area contributed by atoms with E-state index < -0.39 is 0 Å². The van der Waals surface area contributed by atoms with Gasteiger partial charge in [0.2, 0.25) is 0 Å². The highest BCUT2D eigenvalue weighted by Crippen LogP contribution is 2.17. The molecule has 0 aliphatic heterocycles. The van der Waals surface area contributed by atoms with Gasteiger partial charge in [0, 0.05) is 25.7 Å². The monoisotopic (exact) mass is 332 g/mol. The molecule has 1 aromatic heterocycles. The molecule has 1 N–H and O–H groups in total. The van der Waals surface area contributed by atoms with Crippen LogP contribution in [0.5, 0.6) is 0 Å². The molecule has 0 atom stereocenters. The highest BCUT2D eigenvalue weighted by atomic mass is 15.2. The van der Waals surface area contributed by atoms with E-state index in [4.69, 9.17) is 0 Å². The fourth-order valence-electron chi connectivity index (χ4n) is 2.67. The standard InChI is InChI=1S/C21H24N4/c1-3-25(15-19-7-5-4-6-8-19)21-13-20(23-16-24-21)22-14-18-11-9-17(2)10-12-18/h4-13,16H,3,14-15H2,1-2H3,(H,22,23,24). The first-order valence-electron chi connectivity index (χ1n) is 8.65. The second kappa shape index (κ2) is 8.29. The Bertz CT molecular complexity index is 785. The predicted octanol–water partition coefficient (Wildman–Crippen LogP) is 4.42. The molecule has 0 saturated carbocycles. The lowest BCUT2D eigenvalue weighted by Gasteiger charge is -2.22. The van der Waals surface area contributed by atoms with Crippen LogP contribution >= 0.6 is 0 Å². The van der Waals surface area contributed by atoms with Crippen molar-refractivity contribution >= 4 is 11.6 Å². The molecule has 0 fully saturated rings. The molecule has 0 aliphatic rings. The number of aryl methyl sites for hydroxylation is 1. The third kappa shape index (κ3) is 4.80. The molecule has 0 saturated heterocycles. The van der Waals surface area contributed by atoms with Crippen LogP contribution in [0.25, 0.3) is 0 Å². The highest BCUT2D eigenvalue weighted by molar-refractivity contribution is 5.49. The molecule has 128 valence electrons. The van der Waals surface area contributed by atoms with E-state index in [1.54, 1.807) is 6.33 Å². The van der Waals surface area contributed by atoms with E-state index in [0.29, 0.717) is 0 Å². The molecular formula is C21H24N4. The molecule has 0 aliphatic carbocycles. The summed E-state index contributed by atoms with van der Waals surface area (Å²) < 4.78 is 0. The summed E-state index contributed by atoms with van der Waals surface area (Å²) in [6.45, 7) is 6.72. The Labute approximate surface area is 149 Å². The second-order valence-electron chi connectivity index (χ2n) is 6.10. The molecule has 3 rings (SSSR count). The molecule has 0 bridgehead atoms. The van der Waals surface area contributed by atoms with Crippen LogP contribution in [-0.4, -0.2) is 16.5 Å². The molecule has 0 unspecified atom stereocenters. The quantitative estimate of drug-likeness (QED) is 0.695. The van der Waals surface area contributed by atoms with Crippen LogP contribution in [0.4, 0.5) is 11.6 Å². The summed E-state index contributed by atoms with van der Waals surface area (Å²) >= 11 is 0. The van der Waals surface area contributed by atoms with Crippen molar-refractivity contribution in [2.24, 2.45) is 0 Å². The fraction of sp³-hybridized carbons (Fsp3) is 0.238. The Morgan fingerprint density at radius 1 is 0.920 bits per heavy atom. The van der Waals surface area contributed by atoms with Gasteiger partial charge in [0.1, 0.15) is 18.0 Å². The molecule has 4 nitrogen and oxygen atoms in total. The van der Waals surface area contributed by atoms with Crippen molar-refractivity contribution in [3.05, 3.63) is 83.7 Å². The summed E-state index contributed by atoms with van der Waals surface area (Å²) in [5.74, 6) is 1.78. The van der Waals surface area contributed by atoms with E-state index in [2.05, 4.69) is 82.6 Å². The Hall–Kier alpha value is -2.88. The van der Waals surface area contributed by atoms with Gasteiger partial charge in [0.25, 0.3) is 0 Å². The van der Waals surface area contributed by atoms with Gasteiger partial charge in [-0.15, -0.1) is 0 Å². The van der Waals surface area contributed by atoms with E-state index in [0.717, 1.165) is 31.3 Å². The van der Waals surface area contributed by atoms with Gasteiger partial charge in [-0.25, -0.2) is 9.97 Å². The summed E-state index contributed by atoms with van der Waals surface area (Å²) in [7, 11) is 0. The third-order valence-corrected chi connectivity index (χ3v) is 4.17. The number of anilines is 2. The summed E-state index contributed by atoms with van der Waals surface area (Å²) in [5.41, 5.74) is 3.78. The number of rotatable bonds is 7. The highest BCUT2D eigenvalue weighted by Gasteiger charge is 2.08. The third-order valence-electron chi connectivity index (χ3n) is 4.17. The van der Waals surface area contributed by atoms with Crippen LogP contribution in [-0.2, 0) is 13.1 Å². The van der Waals surface area contributed by atoms with Gasteiger partial charge >= 0.3 is 0 Å². The summed E-state index contributed by atoms with van der Waals surface area (Å²) in [5, 5.41) is 3.39. The average Bonchev–Trinajstić information content (AvgIpc) is 2.67. The van der Waals surface area contributed by atoms with E-state index in [1.165, 1.54) is 16.7 Å². The van der Waals surface area contributed by atoms with Crippen LogP contribution in [0, 0.1) is 6.92 Å². The number of benzene rings is 2. The zero-order chi connectivity index (χ0) is 17.5. The van der Waals surface area contributed by atoms with Crippen molar-refractivity contribution in [2.75, 3.05) is 16.8 Å². The SMILES string of the molecule is CCN(Cc1ccccc1)c1cc(NCc2ccc(C)cc2)ncn1. The second-order valence-corrected chi connectivity index (χ2v) is 6.10. The largest absolute Gasteiger partial charge is 0.366 e. The number of nitrogens with one attached hydrogen (secondary N) is 1. The lowest BCUT2D eigenvalue weighted by atomic mass is 10.1. The molecule has 2 aromatic carbocycles. The summed E-state index contributed by atoms with van der Waals surface area (Å²) in [4.78, 5) is 11.0. The maximum atomic E-state index is 4.45. The van der Waals surface area contributed by atoms with Crippen LogP contribution in [0.3, 0.4) is 0 Å². The molecule has 3 aromatic rings. The number of aromatic nitrogens is 2. The first kappa shape index (κ1) is 17.0. The summed E-state index contributed by atoms with van der Waals surface area (Å²) in [6.07, 6.45) is 1.63. The van der Waals surface area contributed by atoms with Crippen molar-refractivity contribution in [1.82, 2.24) is 9.97 Å². The van der Waals surface area contributed by atoms with Gasteiger partial charge in [0.15, 0.2) is 0 Å². The molecule has 1 heterocycles.